The van der Waals surface area contributed by atoms with Gasteiger partial charge in [0.15, 0.2) is 0 Å². The zero-order valence-corrected chi connectivity index (χ0v) is 10.2. The molecule has 0 unspecified atom stereocenters. The van der Waals surface area contributed by atoms with E-state index in [1.807, 2.05) is 22.7 Å². The SMILES string of the molecule is Nc1ccc2ncc(COc3ccc(O)cc3)n2c1. The maximum absolute atomic E-state index is 9.20. The first-order valence-corrected chi connectivity index (χ1v) is 5.86. The molecule has 1 aromatic carbocycles. The number of nitrogen functional groups attached to an aromatic ring is 1. The number of imidazole rings is 1. The number of fused-ring (bicyclic) bond motifs is 1. The molecular weight excluding hydrogens is 242 g/mol. The van der Waals surface area contributed by atoms with Crippen LogP contribution in [0.2, 0.25) is 0 Å². The van der Waals surface area contributed by atoms with Crippen molar-refractivity contribution in [2.75, 3.05) is 5.73 Å². The van der Waals surface area contributed by atoms with Crippen LogP contribution in [-0.4, -0.2) is 14.5 Å². The molecule has 0 aliphatic carbocycles. The number of rotatable bonds is 3. The lowest BCUT2D eigenvalue weighted by Gasteiger charge is -2.06. The molecule has 2 aromatic heterocycles. The minimum absolute atomic E-state index is 0.218. The lowest BCUT2D eigenvalue weighted by atomic mass is 10.3. The Kier molecular flexibility index (Phi) is 2.72. The van der Waals surface area contributed by atoms with Crippen molar-refractivity contribution in [2.24, 2.45) is 0 Å². The van der Waals surface area contributed by atoms with Crippen molar-refractivity contribution in [3.63, 3.8) is 0 Å². The summed E-state index contributed by atoms with van der Waals surface area (Å²) in [5.74, 6) is 0.909. The fourth-order valence-electron chi connectivity index (χ4n) is 1.85. The van der Waals surface area contributed by atoms with E-state index in [4.69, 9.17) is 10.5 Å². The summed E-state index contributed by atoms with van der Waals surface area (Å²) >= 11 is 0. The van der Waals surface area contributed by atoms with Gasteiger partial charge < -0.3 is 15.6 Å². The van der Waals surface area contributed by atoms with E-state index in [0.29, 0.717) is 18.0 Å². The Labute approximate surface area is 109 Å². The lowest BCUT2D eigenvalue weighted by Crippen LogP contribution is -2.00. The van der Waals surface area contributed by atoms with E-state index in [-0.39, 0.29) is 5.75 Å². The standard InChI is InChI=1S/C14H13N3O2/c15-10-1-6-14-16-7-11(17(14)8-10)9-19-13-4-2-12(18)3-5-13/h1-8,18H,9,15H2. The third kappa shape index (κ3) is 2.30. The summed E-state index contributed by atoms with van der Waals surface area (Å²) in [4.78, 5) is 4.27. The number of benzene rings is 1. The van der Waals surface area contributed by atoms with Gasteiger partial charge in [0, 0.05) is 11.9 Å². The Morgan fingerprint density at radius 1 is 1.16 bits per heavy atom. The van der Waals surface area contributed by atoms with Crippen LogP contribution >= 0.6 is 0 Å². The number of ether oxygens (including phenoxy) is 1. The van der Waals surface area contributed by atoms with E-state index in [0.717, 1.165) is 11.3 Å². The third-order valence-electron chi connectivity index (χ3n) is 2.83. The average molecular weight is 255 g/mol. The summed E-state index contributed by atoms with van der Waals surface area (Å²) in [5.41, 5.74) is 8.18. The number of pyridine rings is 1. The molecule has 0 saturated carbocycles. The first kappa shape index (κ1) is 11.4. The first-order valence-electron chi connectivity index (χ1n) is 5.86. The molecule has 0 fully saturated rings. The summed E-state index contributed by atoms with van der Waals surface area (Å²) in [6.07, 6.45) is 3.58. The smallest absolute Gasteiger partial charge is 0.137 e. The summed E-state index contributed by atoms with van der Waals surface area (Å²) in [7, 11) is 0. The van der Waals surface area contributed by atoms with Crippen molar-refractivity contribution in [1.82, 2.24) is 9.38 Å². The maximum Gasteiger partial charge on any atom is 0.137 e. The van der Waals surface area contributed by atoms with Gasteiger partial charge in [-0.1, -0.05) is 0 Å². The van der Waals surface area contributed by atoms with Crippen LogP contribution in [0.4, 0.5) is 5.69 Å². The van der Waals surface area contributed by atoms with E-state index in [1.165, 1.54) is 0 Å². The monoisotopic (exact) mass is 255 g/mol. The van der Waals surface area contributed by atoms with Crippen molar-refractivity contribution in [3.8, 4) is 11.5 Å². The van der Waals surface area contributed by atoms with Crippen LogP contribution in [0.15, 0.2) is 48.8 Å². The normalized spacial score (nSPS) is 10.7. The summed E-state index contributed by atoms with van der Waals surface area (Å²) in [6, 6.07) is 10.3. The highest BCUT2D eigenvalue weighted by Crippen LogP contribution is 2.18. The van der Waals surface area contributed by atoms with Crippen LogP contribution in [0, 0.1) is 0 Å². The van der Waals surface area contributed by atoms with Crippen molar-refractivity contribution in [2.45, 2.75) is 6.61 Å². The quantitative estimate of drug-likeness (QED) is 0.752. The number of phenolic OH excluding ortho intramolecular Hbond substituents is 1. The molecule has 0 saturated heterocycles. The first-order chi connectivity index (χ1) is 9.22. The van der Waals surface area contributed by atoms with Gasteiger partial charge in [-0.15, -0.1) is 0 Å². The third-order valence-corrected chi connectivity index (χ3v) is 2.83. The molecule has 0 atom stereocenters. The summed E-state index contributed by atoms with van der Waals surface area (Å²) in [5, 5.41) is 9.20. The van der Waals surface area contributed by atoms with E-state index >= 15 is 0 Å². The van der Waals surface area contributed by atoms with Crippen LogP contribution < -0.4 is 10.5 Å². The zero-order valence-electron chi connectivity index (χ0n) is 10.2. The zero-order chi connectivity index (χ0) is 13.2. The fourth-order valence-corrected chi connectivity index (χ4v) is 1.85. The maximum atomic E-state index is 9.20. The molecule has 19 heavy (non-hydrogen) atoms. The number of hydrogen-bond acceptors (Lipinski definition) is 4. The topological polar surface area (TPSA) is 72.8 Å². The number of phenols is 1. The molecule has 0 aliphatic rings. The van der Waals surface area contributed by atoms with E-state index < -0.39 is 0 Å². The minimum atomic E-state index is 0.218. The predicted octanol–water partition coefficient (Wildman–Crippen LogP) is 2.20. The number of aromatic nitrogens is 2. The molecule has 3 rings (SSSR count). The predicted molar refractivity (Wildman–Crippen MR) is 72.0 cm³/mol. The van der Waals surface area contributed by atoms with Gasteiger partial charge in [0.25, 0.3) is 0 Å². The number of nitrogens with two attached hydrogens (primary N) is 1. The second kappa shape index (κ2) is 4.53. The summed E-state index contributed by atoms with van der Waals surface area (Å²) in [6.45, 7) is 0.384. The van der Waals surface area contributed by atoms with Crippen LogP contribution in [-0.2, 0) is 6.61 Å². The van der Waals surface area contributed by atoms with Gasteiger partial charge in [0.05, 0.1) is 11.9 Å². The highest BCUT2D eigenvalue weighted by Gasteiger charge is 2.04. The summed E-state index contributed by atoms with van der Waals surface area (Å²) < 4.78 is 7.54. The molecule has 5 heteroatoms. The number of anilines is 1. The number of hydrogen-bond donors (Lipinski definition) is 2. The van der Waals surface area contributed by atoms with Crippen molar-refractivity contribution in [3.05, 3.63) is 54.5 Å². The molecule has 3 aromatic rings. The van der Waals surface area contributed by atoms with Crippen molar-refractivity contribution in [1.29, 1.82) is 0 Å². The van der Waals surface area contributed by atoms with Crippen LogP contribution in [0.3, 0.4) is 0 Å². The molecule has 0 amide bonds. The second-order valence-electron chi connectivity index (χ2n) is 4.22. The molecule has 3 N–H and O–H groups in total. The van der Waals surface area contributed by atoms with Gasteiger partial charge in [-0.25, -0.2) is 4.98 Å². The Morgan fingerprint density at radius 3 is 2.74 bits per heavy atom. The molecule has 0 radical (unpaired) electrons. The molecule has 0 aliphatic heterocycles. The van der Waals surface area contributed by atoms with E-state index in [9.17, 15) is 5.11 Å². The molecule has 2 heterocycles. The van der Waals surface area contributed by atoms with Crippen LogP contribution in [0.25, 0.3) is 5.65 Å². The Bertz CT molecular complexity index is 704. The highest BCUT2D eigenvalue weighted by molar-refractivity contribution is 5.48. The van der Waals surface area contributed by atoms with Gasteiger partial charge in [-0.3, -0.25) is 4.40 Å². The van der Waals surface area contributed by atoms with Gasteiger partial charge >= 0.3 is 0 Å². The number of aromatic hydroxyl groups is 1. The average Bonchev–Trinajstić information content (AvgIpc) is 2.80. The second-order valence-corrected chi connectivity index (χ2v) is 4.22. The van der Waals surface area contributed by atoms with Crippen LogP contribution in [0.5, 0.6) is 11.5 Å². The van der Waals surface area contributed by atoms with Crippen LogP contribution in [0.1, 0.15) is 5.69 Å². The molecule has 96 valence electrons. The van der Waals surface area contributed by atoms with Gasteiger partial charge in [-0.05, 0) is 36.4 Å². The molecule has 0 bridgehead atoms. The van der Waals surface area contributed by atoms with Gasteiger partial charge in [-0.2, -0.15) is 0 Å². The highest BCUT2D eigenvalue weighted by atomic mass is 16.5. The number of nitrogens with zero attached hydrogens (tertiary/aromatic N) is 2. The molecular formula is C14H13N3O2. The Hall–Kier alpha value is -2.69. The van der Waals surface area contributed by atoms with Crippen molar-refractivity contribution < 1.29 is 9.84 Å². The fraction of sp³-hybridized carbons (Fsp3) is 0.0714. The minimum Gasteiger partial charge on any atom is -0.508 e. The lowest BCUT2D eigenvalue weighted by molar-refractivity contribution is 0.300. The van der Waals surface area contributed by atoms with E-state index in [1.54, 1.807) is 30.5 Å². The Balaban J connectivity index is 1.81. The van der Waals surface area contributed by atoms with Crippen molar-refractivity contribution >= 4 is 11.3 Å². The van der Waals surface area contributed by atoms with Gasteiger partial charge in [0.2, 0.25) is 0 Å². The molecule has 5 nitrogen and oxygen atoms in total. The van der Waals surface area contributed by atoms with Gasteiger partial charge in [0.1, 0.15) is 23.8 Å². The largest absolute Gasteiger partial charge is 0.508 e. The van der Waals surface area contributed by atoms with E-state index in [2.05, 4.69) is 4.98 Å². The molecule has 0 spiro atoms. The Morgan fingerprint density at radius 2 is 1.95 bits per heavy atom.